The van der Waals surface area contributed by atoms with Gasteiger partial charge < -0.3 is 10.1 Å². The van der Waals surface area contributed by atoms with Crippen molar-refractivity contribution in [1.82, 2.24) is 5.32 Å². The van der Waals surface area contributed by atoms with Crippen LogP contribution < -0.4 is 10.1 Å². The van der Waals surface area contributed by atoms with E-state index in [2.05, 4.69) is 5.32 Å². The summed E-state index contributed by atoms with van der Waals surface area (Å²) in [4.78, 5) is 0. The van der Waals surface area contributed by atoms with Crippen LogP contribution in [0.25, 0.3) is 0 Å². The van der Waals surface area contributed by atoms with E-state index in [4.69, 9.17) is 16.3 Å². The van der Waals surface area contributed by atoms with Crippen LogP contribution in [0.5, 0.6) is 5.75 Å². The molecule has 2 rings (SSSR count). The van der Waals surface area contributed by atoms with Gasteiger partial charge in [0.1, 0.15) is 24.0 Å². The minimum atomic E-state index is -0.494. The summed E-state index contributed by atoms with van der Waals surface area (Å²) in [6.45, 7) is 3.28. The standard InChI is InChI=1S/C16H16ClF2NO/c1-2-20-9-13-14(17)4-3-5-16(13)21-10-11-8-12(18)6-7-15(11)19/h3-8,20H,2,9-10H2,1H3. The number of halogens is 3. The maximum atomic E-state index is 13.6. The molecule has 0 spiro atoms. The minimum absolute atomic E-state index is 0.0525. The zero-order valence-corrected chi connectivity index (χ0v) is 12.4. The second-order valence-electron chi connectivity index (χ2n) is 4.52. The molecule has 5 heteroatoms. The Balaban J connectivity index is 2.16. The van der Waals surface area contributed by atoms with Crippen LogP contribution in [0.4, 0.5) is 8.78 Å². The van der Waals surface area contributed by atoms with E-state index in [1.165, 1.54) is 0 Å². The maximum absolute atomic E-state index is 13.6. The summed E-state index contributed by atoms with van der Waals surface area (Å²) in [5.41, 5.74) is 0.974. The molecule has 112 valence electrons. The van der Waals surface area contributed by atoms with E-state index in [0.717, 1.165) is 30.3 Å². The first kappa shape index (κ1) is 15.7. The van der Waals surface area contributed by atoms with Crippen LogP contribution in [0, 0.1) is 11.6 Å². The summed E-state index contributed by atoms with van der Waals surface area (Å²) in [5, 5.41) is 3.74. The van der Waals surface area contributed by atoms with Crippen molar-refractivity contribution in [3.63, 3.8) is 0 Å². The summed E-state index contributed by atoms with van der Waals surface area (Å²) in [6, 6.07) is 8.58. The smallest absolute Gasteiger partial charge is 0.130 e. The fourth-order valence-electron chi connectivity index (χ4n) is 1.91. The Labute approximate surface area is 127 Å². The lowest BCUT2D eigenvalue weighted by atomic mass is 10.2. The summed E-state index contributed by atoms with van der Waals surface area (Å²) in [6.07, 6.45) is 0. The fraction of sp³-hybridized carbons (Fsp3) is 0.250. The van der Waals surface area contributed by atoms with Gasteiger partial charge in [-0.05, 0) is 36.9 Å². The molecule has 0 saturated carbocycles. The van der Waals surface area contributed by atoms with Crippen LogP contribution in [-0.4, -0.2) is 6.54 Å². The first-order valence-electron chi connectivity index (χ1n) is 6.66. The highest BCUT2D eigenvalue weighted by Gasteiger charge is 2.10. The third kappa shape index (κ3) is 4.16. The lowest BCUT2D eigenvalue weighted by Crippen LogP contribution is -2.13. The second kappa shape index (κ2) is 7.38. The van der Waals surface area contributed by atoms with Gasteiger partial charge in [-0.1, -0.05) is 24.6 Å². The molecular weight excluding hydrogens is 296 g/mol. The molecular formula is C16H16ClF2NO. The first-order chi connectivity index (χ1) is 10.1. The van der Waals surface area contributed by atoms with Crippen LogP contribution in [0.2, 0.25) is 5.02 Å². The normalized spacial score (nSPS) is 10.7. The Morgan fingerprint density at radius 3 is 2.76 bits per heavy atom. The molecule has 0 heterocycles. The highest BCUT2D eigenvalue weighted by atomic mass is 35.5. The molecule has 0 radical (unpaired) electrons. The molecule has 0 aromatic heterocycles. The molecule has 0 bridgehead atoms. The summed E-state index contributed by atoms with van der Waals surface area (Å²) >= 11 is 6.15. The largest absolute Gasteiger partial charge is 0.488 e. The van der Waals surface area contributed by atoms with Crippen LogP contribution >= 0.6 is 11.6 Å². The monoisotopic (exact) mass is 311 g/mol. The number of hydrogen-bond donors (Lipinski definition) is 1. The SMILES string of the molecule is CCNCc1c(Cl)cccc1OCc1cc(F)ccc1F. The number of nitrogens with one attached hydrogen (secondary N) is 1. The zero-order valence-electron chi connectivity index (χ0n) is 11.6. The predicted octanol–water partition coefficient (Wildman–Crippen LogP) is 4.31. The van der Waals surface area contributed by atoms with Gasteiger partial charge in [0.15, 0.2) is 0 Å². The van der Waals surface area contributed by atoms with Crippen molar-refractivity contribution in [3.05, 3.63) is 64.2 Å². The van der Waals surface area contributed by atoms with Gasteiger partial charge in [-0.15, -0.1) is 0 Å². The van der Waals surface area contributed by atoms with Crippen molar-refractivity contribution in [1.29, 1.82) is 0 Å². The van der Waals surface area contributed by atoms with Crippen molar-refractivity contribution >= 4 is 11.6 Å². The molecule has 0 aliphatic heterocycles. The van der Waals surface area contributed by atoms with E-state index in [9.17, 15) is 8.78 Å². The molecule has 0 aliphatic rings. The third-order valence-electron chi connectivity index (χ3n) is 3.02. The molecule has 0 saturated heterocycles. The Morgan fingerprint density at radius 1 is 1.19 bits per heavy atom. The fourth-order valence-corrected chi connectivity index (χ4v) is 2.14. The van der Waals surface area contributed by atoms with Crippen LogP contribution in [-0.2, 0) is 13.2 Å². The molecule has 2 aromatic carbocycles. The molecule has 2 nitrogen and oxygen atoms in total. The lowest BCUT2D eigenvalue weighted by molar-refractivity contribution is 0.295. The van der Waals surface area contributed by atoms with Crippen molar-refractivity contribution in [2.75, 3.05) is 6.54 Å². The number of ether oxygens (including phenoxy) is 1. The van der Waals surface area contributed by atoms with Crippen molar-refractivity contribution in [3.8, 4) is 5.75 Å². The van der Waals surface area contributed by atoms with Crippen molar-refractivity contribution < 1.29 is 13.5 Å². The van der Waals surface area contributed by atoms with Gasteiger partial charge in [0, 0.05) is 22.7 Å². The molecule has 2 aromatic rings. The topological polar surface area (TPSA) is 21.3 Å². The average Bonchev–Trinajstić information content (AvgIpc) is 2.47. The van der Waals surface area contributed by atoms with Crippen LogP contribution in [0.1, 0.15) is 18.1 Å². The van der Waals surface area contributed by atoms with E-state index < -0.39 is 11.6 Å². The second-order valence-corrected chi connectivity index (χ2v) is 4.93. The zero-order chi connectivity index (χ0) is 15.2. The average molecular weight is 312 g/mol. The lowest BCUT2D eigenvalue weighted by Gasteiger charge is -2.13. The first-order valence-corrected chi connectivity index (χ1v) is 7.04. The molecule has 0 atom stereocenters. The van der Waals surface area contributed by atoms with Gasteiger partial charge in [0.05, 0.1) is 0 Å². The Bertz CT molecular complexity index is 619. The van der Waals surface area contributed by atoms with Gasteiger partial charge in [-0.25, -0.2) is 8.78 Å². The van der Waals surface area contributed by atoms with E-state index >= 15 is 0 Å². The Kier molecular flexibility index (Phi) is 5.53. The molecule has 21 heavy (non-hydrogen) atoms. The Morgan fingerprint density at radius 2 is 2.00 bits per heavy atom. The number of rotatable bonds is 6. The highest BCUT2D eigenvalue weighted by Crippen LogP contribution is 2.27. The quantitative estimate of drug-likeness (QED) is 0.858. The van der Waals surface area contributed by atoms with Crippen LogP contribution in [0.15, 0.2) is 36.4 Å². The van der Waals surface area contributed by atoms with E-state index in [1.807, 2.05) is 6.92 Å². The molecule has 0 amide bonds. The van der Waals surface area contributed by atoms with E-state index in [1.54, 1.807) is 18.2 Å². The number of hydrogen-bond acceptors (Lipinski definition) is 2. The van der Waals surface area contributed by atoms with Crippen molar-refractivity contribution in [2.24, 2.45) is 0 Å². The summed E-state index contributed by atoms with van der Waals surface area (Å²) in [5.74, 6) is -0.423. The molecule has 0 unspecified atom stereocenters. The predicted molar refractivity (Wildman–Crippen MR) is 79.5 cm³/mol. The van der Waals surface area contributed by atoms with Gasteiger partial charge in [-0.3, -0.25) is 0 Å². The van der Waals surface area contributed by atoms with Gasteiger partial charge in [-0.2, -0.15) is 0 Å². The Hall–Kier alpha value is -1.65. The number of benzene rings is 2. The van der Waals surface area contributed by atoms with Gasteiger partial charge in [0.2, 0.25) is 0 Å². The molecule has 0 fully saturated rings. The van der Waals surface area contributed by atoms with E-state index in [-0.39, 0.29) is 12.2 Å². The summed E-state index contributed by atoms with van der Waals surface area (Å²) < 4.78 is 32.3. The minimum Gasteiger partial charge on any atom is -0.488 e. The van der Waals surface area contributed by atoms with Gasteiger partial charge >= 0.3 is 0 Å². The summed E-state index contributed by atoms with van der Waals surface area (Å²) in [7, 11) is 0. The highest BCUT2D eigenvalue weighted by molar-refractivity contribution is 6.31. The van der Waals surface area contributed by atoms with Gasteiger partial charge in [0.25, 0.3) is 0 Å². The maximum Gasteiger partial charge on any atom is 0.130 e. The molecule has 1 N–H and O–H groups in total. The van der Waals surface area contributed by atoms with E-state index in [0.29, 0.717) is 17.3 Å². The molecule has 0 aliphatic carbocycles. The third-order valence-corrected chi connectivity index (χ3v) is 3.37. The van der Waals surface area contributed by atoms with Crippen LogP contribution in [0.3, 0.4) is 0 Å². The van der Waals surface area contributed by atoms with Crippen molar-refractivity contribution in [2.45, 2.75) is 20.1 Å².